The van der Waals surface area contributed by atoms with E-state index >= 15 is 0 Å². The molecule has 1 rings (SSSR count). The average molecular weight is 179 g/mol. The number of carbonyl (C=O) groups excluding carboxylic acids is 1. The zero-order valence-electron chi connectivity index (χ0n) is 7.11. The smallest absolute Gasteiger partial charge is 0.293 e. The first kappa shape index (κ1) is 9.19. The maximum Gasteiger partial charge on any atom is 0.293 e. The zero-order valence-corrected chi connectivity index (χ0v) is 7.11. The molecule has 0 aliphatic rings. The molecule has 1 amide bonds. The minimum atomic E-state index is -0.418. The number of H-pyrrole nitrogens is 1. The van der Waals surface area contributed by atoms with Gasteiger partial charge in [-0.1, -0.05) is 12.8 Å². The molecule has 0 radical (unpaired) electrons. The SMILES string of the molecule is C#CC(CC)NC(=O)c1nn[nH]n1. The first-order valence-electron chi connectivity index (χ1n) is 3.78. The summed E-state index contributed by atoms with van der Waals surface area (Å²) in [6.45, 7) is 1.88. The van der Waals surface area contributed by atoms with Gasteiger partial charge in [0.2, 0.25) is 0 Å². The predicted octanol–water partition coefficient (Wildman–Crippen LogP) is -0.659. The van der Waals surface area contributed by atoms with Crippen LogP contribution < -0.4 is 5.32 Å². The molecule has 6 nitrogen and oxygen atoms in total. The Morgan fingerprint density at radius 3 is 3.08 bits per heavy atom. The second kappa shape index (κ2) is 4.21. The summed E-state index contributed by atoms with van der Waals surface area (Å²) >= 11 is 0. The molecule has 1 aromatic rings. The molecule has 1 heterocycles. The van der Waals surface area contributed by atoms with Crippen LogP contribution in [0.25, 0.3) is 0 Å². The van der Waals surface area contributed by atoms with Gasteiger partial charge in [0, 0.05) is 0 Å². The molecule has 0 bridgehead atoms. The van der Waals surface area contributed by atoms with Crippen molar-refractivity contribution in [2.24, 2.45) is 0 Å². The number of aromatic nitrogens is 4. The van der Waals surface area contributed by atoms with Crippen molar-refractivity contribution in [2.45, 2.75) is 19.4 Å². The maximum absolute atomic E-state index is 11.2. The topological polar surface area (TPSA) is 83.6 Å². The van der Waals surface area contributed by atoms with Crippen LogP contribution in [-0.2, 0) is 0 Å². The third-order valence-corrected chi connectivity index (χ3v) is 1.46. The van der Waals surface area contributed by atoms with Gasteiger partial charge in [0.15, 0.2) is 0 Å². The molecule has 2 N–H and O–H groups in total. The molecule has 0 spiro atoms. The molecular formula is C7H9N5O. The van der Waals surface area contributed by atoms with E-state index in [0.717, 1.165) is 0 Å². The second-order valence-electron chi connectivity index (χ2n) is 2.34. The minimum absolute atomic E-state index is 0.00583. The Balaban J connectivity index is 2.57. The van der Waals surface area contributed by atoms with Gasteiger partial charge in [-0.3, -0.25) is 4.79 Å². The number of nitrogens with zero attached hydrogens (tertiary/aromatic N) is 3. The molecule has 1 atom stereocenters. The van der Waals surface area contributed by atoms with Crippen molar-refractivity contribution >= 4 is 5.91 Å². The van der Waals surface area contributed by atoms with Crippen LogP contribution in [0.2, 0.25) is 0 Å². The van der Waals surface area contributed by atoms with Crippen LogP contribution in [0.5, 0.6) is 0 Å². The lowest BCUT2D eigenvalue weighted by atomic mass is 10.2. The number of amides is 1. The highest BCUT2D eigenvalue weighted by atomic mass is 16.2. The van der Waals surface area contributed by atoms with Gasteiger partial charge >= 0.3 is 0 Å². The highest BCUT2D eigenvalue weighted by Crippen LogP contribution is 1.90. The van der Waals surface area contributed by atoms with Gasteiger partial charge in [-0.2, -0.15) is 5.21 Å². The summed E-state index contributed by atoms with van der Waals surface area (Å²) in [7, 11) is 0. The normalized spacial score (nSPS) is 11.7. The Bertz CT molecular complexity index is 312. The summed E-state index contributed by atoms with van der Waals surface area (Å²) < 4.78 is 0. The summed E-state index contributed by atoms with van der Waals surface area (Å²) in [5.74, 6) is 2.00. The number of terminal acetylenes is 1. The number of hydrogen-bond donors (Lipinski definition) is 2. The van der Waals surface area contributed by atoms with E-state index in [1.165, 1.54) is 0 Å². The summed E-state index contributed by atoms with van der Waals surface area (Å²) in [4.78, 5) is 11.2. The van der Waals surface area contributed by atoms with Crippen molar-refractivity contribution in [2.75, 3.05) is 0 Å². The fourth-order valence-corrected chi connectivity index (χ4v) is 0.742. The van der Waals surface area contributed by atoms with Gasteiger partial charge < -0.3 is 5.32 Å². The van der Waals surface area contributed by atoms with Gasteiger partial charge in [-0.25, -0.2) is 0 Å². The van der Waals surface area contributed by atoms with Crippen LogP contribution >= 0.6 is 0 Å². The molecule has 1 unspecified atom stereocenters. The summed E-state index contributed by atoms with van der Waals surface area (Å²) in [6.07, 6.45) is 5.82. The van der Waals surface area contributed by atoms with Gasteiger partial charge in [0.25, 0.3) is 11.7 Å². The Labute approximate surface area is 75.1 Å². The van der Waals surface area contributed by atoms with E-state index in [-0.39, 0.29) is 11.9 Å². The van der Waals surface area contributed by atoms with E-state index in [9.17, 15) is 4.79 Å². The van der Waals surface area contributed by atoms with Crippen LogP contribution in [0.4, 0.5) is 0 Å². The summed E-state index contributed by atoms with van der Waals surface area (Å²) in [6, 6.07) is -0.286. The number of nitrogens with one attached hydrogen (secondary N) is 2. The van der Waals surface area contributed by atoms with Crippen LogP contribution in [-0.4, -0.2) is 32.6 Å². The van der Waals surface area contributed by atoms with E-state index in [4.69, 9.17) is 6.42 Å². The number of carbonyl (C=O) groups is 1. The molecule has 0 aliphatic heterocycles. The zero-order chi connectivity index (χ0) is 9.68. The van der Waals surface area contributed by atoms with Gasteiger partial charge in [-0.15, -0.1) is 16.6 Å². The molecular weight excluding hydrogens is 170 g/mol. The monoisotopic (exact) mass is 179 g/mol. The van der Waals surface area contributed by atoms with Crippen LogP contribution in [0.1, 0.15) is 24.0 Å². The third kappa shape index (κ3) is 2.27. The number of aromatic amines is 1. The summed E-state index contributed by atoms with van der Waals surface area (Å²) in [5, 5.41) is 15.0. The van der Waals surface area contributed by atoms with Crippen LogP contribution in [0, 0.1) is 12.3 Å². The molecule has 68 valence electrons. The van der Waals surface area contributed by atoms with E-state index in [0.29, 0.717) is 6.42 Å². The largest absolute Gasteiger partial charge is 0.336 e. The lowest BCUT2D eigenvalue weighted by Crippen LogP contribution is -2.33. The molecule has 0 saturated carbocycles. The fourth-order valence-electron chi connectivity index (χ4n) is 0.742. The average Bonchev–Trinajstić information content (AvgIpc) is 2.66. The van der Waals surface area contributed by atoms with Crippen molar-refractivity contribution in [1.82, 2.24) is 25.9 Å². The number of rotatable bonds is 3. The first-order valence-corrected chi connectivity index (χ1v) is 3.78. The molecule has 0 fully saturated rings. The van der Waals surface area contributed by atoms with E-state index in [1.54, 1.807) is 0 Å². The van der Waals surface area contributed by atoms with Gasteiger partial charge in [0.05, 0.1) is 6.04 Å². The highest BCUT2D eigenvalue weighted by molar-refractivity contribution is 5.90. The molecule has 6 heteroatoms. The molecule has 0 aromatic carbocycles. The first-order chi connectivity index (χ1) is 6.27. The van der Waals surface area contributed by atoms with E-state index < -0.39 is 5.91 Å². The highest BCUT2D eigenvalue weighted by Gasteiger charge is 2.13. The number of tetrazole rings is 1. The lowest BCUT2D eigenvalue weighted by Gasteiger charge is -2.07. The Kier molecular flexibility index (Phi) is 2.97. The number of hydrogen-bond acceptors (Lipinski definition) is 4. The Morgan fingerprint density at radius 2 is 2.62 bits per heavy atom. The molecule has 13 heavy (non-hydrogen) atoms. The van der Waals surface area contributed by atoms with E-state index in [2.05, 4.69) is 31.9 Å². The van der Waals surface area contributed by atoms with Crippen molar-refractivity contribution in [3.8, 4) is 12.3 Å². The molecule has 0 saturated heterocycles. The minimum Gasteiger partial charge on any atom is -0.336 e. The standard InChI is InChI=1S/C7H9N5O/c1-3-5(4-2)8-7(13)6-9-11-12-10-6/h1,5H,4H2,2H3,(H,8,13)(H,9,10,11,12). The van der Waals surface area contributed by atoms with Crippen molar-refractivity contribution in [3.63, 3.8) is 0 Å². The third-order valence-electron chi connectivity index (χ3n) is 1.46. The summed E-state index contributed by atoms with van der Waals surface area (Å²) in [5.41, 5.74) is 0. The van der Waals surface area contributed by atoms with Crippen molar-refractivity contribution in [1.29, 1.82) is 0 Å². The Morgan fingerprint density at radius 1 is 1.85 bits per heavy atom. The maximum atomic E-state index is 11.2. The van der Waals surface area contributed by atoms with Gasteiger partial charge in [0.1, 0.15) is 0 Å². The quantitative estimate of drug-likeness (QED) is 0.603. The second-order valence-corrected chi connectivity index (χ2v) is 2.34. The van der Waals surface area contributed by atoms with Crippen molar-refractivity contribution < 1.29 is 4.79 Å². The van der Waals surface area contributed by atoms with E-state index in [1.807, 2.05) is 6.92 Å². The fraction of sp³-hybridized carbons (Fsp3) is 0.429. The lowest BCUT2D eigenvalue weighted by molar-refractivity contribution is 0.0934. The predicted molar refractivity (Wildman–Crippen MR) is 44.6 cm³/mol. The molecule has 0 aliphatic carbocycles. The van der Waals surface area contributed by atoms with Crippen LogP contribution in [0.15, 0.2) is 0 Å². The molecule has 1 aromatic heterocycles. The van der Waals surface area contributed by atoms with Crippen molar-refractivity contribution in [3.05, 3.63) is 5.82 Å². The Hall–Kier alpha value is -1.90. The van der Waals surface area contributed by atoms with Crippen LogP contribution in [0.3, 0.4) is 0 Å². The van der Waals surface area contributed by atoms with Gasteiger partial charge in [-0.05, 0) is 11.6 Å².